The Morgan fingerprint density at radius 3 is 2.50 bits per heavy atom. The zero-order valence-electron chi connectivity index (χ0n) is 17.8. The van der Waals surface area contributed by atoms with E-state index in [0.717, 1.165) is 22.1 Å². The van der Waals surface area contributed by atoms with Crippen molar-refractivity contribution in [3.8, 4) is 16.2 Å². The summed E-state index contributed by atoms with van der Waals surface area (Å²) in [5.74, 6) is -1.22. The van der Waals surface area contributed by atoms with E-state index in [0.29, 0.717) is 36.9 Å². The van der Waals surface area contributed by atoms with E-state index < -0.39 is 11.7 Å². The zero-order chi connectivity index (χ0) is 22.7. The van der Waals surface area contributed by atoms with Crippen LogP contribution < -0.4 is 10.1 Å². The van der Waals surface area contributed by atoms with Gasteiger partial charge in [0.1, 0.15) is 5.00 Å². The maximum absolute atomic E-state index is 14.1. The molecule has 4 rings (SSSR count). The van der Waals surface area contributed by atoms with Gasteiger partial charge < -0.3 is 19.7 Å². The molecule has 3 aromatic rings. The van der Waals surface area contributed by atoms with Crippen molar-refractivity contribution >= 4 is 28.2 Å². The number of rotatable bonds is 5. The maximum atomic E-state index is 14.1. The minimum Gasteiger partial charge on any atom is -0.494 e. The third-order valence-electron chi connectivity index (χ3n) is 5.34. The van der Waals surface area contributed by atoms with E-state index >= 15 is 0 Å². The summed E-state index contributed by atoms with van der Waals surface area (Å²) in [6.45, 7) is 3.83. The van der Waals surface area contributed by atoms with Crippen LogP contribution in [0, 0.1) is 12.7 Å². The van der Waals surface area contributed by atoms with Crippen LogP contribution in [0.25, 0.3) is 10.4 Å². The quantitative estimate of drug-likeness (QED) is 0.612. The van der Waals surface area contributed by atoms with E-state index in [-0.39, 0.29) is 17.2 Å². The normalized spacial score (nSPS) is 13.7. The molecular formula is C24H23FN2O4S. The predicted molar refractivity (Wildman–Crippen MR) is 122 cm³/mol. The fourth-order valence-corrected chi connectivity index (χ4v) is 4.83. The summed E-state index contributed by atoms with van der Waals surface area (Å²) in [6, 6.07) is 13.7. The molecule has 2 heterocycles. The van der Waals surface area contributed by atoms with Crippen molar-refractivity contribution < 1.29 is 23.5 Å². The van der Waals surface area contributed by atoms with Crippen LogP contribution in [0.3, 0.4) is 0 Å². The van der Waals surface area contributed by atoms with Gasteiger partial charge in [0, 0.05) is 23.5 Å². The molecule has 6 nitrogen and oxygen atoms in total. The number of benzene rings is 2. The predicted octanol–water partition coefficient (Wildman–Crippen LogP) is 4.60. The Kier molecular flexibility index (Phi) is 6.53. The van der Waals surface area contributed by atoms with Gasteiger partial charge >= 0.3 is 0 Å². The summed E-state index contributed by atoms with van der Waals surface area (Å²) >= 11 is 1.34. The Hall–Kier alpha value is -3.23. The second-order valence-electron chi connectivity index (χ2n) is 7.33. The number of nitrogens with one attached hydrogen (secondary N) is 1. The first-order chi connectivity index (χ1) is 15.5. The van der Waals surface area contributed by atoms with Crippen molar-refractivity contribution in [2.24, 2.45) is 0 Å². The van der Waals surface area contributed by atoms with Crippen LogP contribution in [0.15, 0.2) is 48.5 Å². The monoisotopic (exact) mass is 454 g/mol. The van der Waals surface area contributed by atoms with Crippen molar-refractivity contribution in [2.45, 2.75) is 6.92 Å². The largest absolute Gasteiger partial charge is 0.494 e. The topological polar surface area (TPSA) is 67.9 Å². The van der Waals surface area contributed by atoms with Gasteiger partial charge in [0.2, 0.25) is 0 Å². The molecule has 0 saturated carbocycles. The number of thiophene rings is 1. The average molecular weight is 455 g/mol. The molecular weight excluding hydrogens is 431 g/mol. The van der Waals surface area contributed by atoms with Crippen molar-refractivity contribution in [1.29, 1.82) is 0 Å². The van der Waals surface area contributed by atoms with E-state index in [9.17, 15) is 14.0 Å². The summed E-state index contributed by atoms with van der Waals surface area (Å²) in [4.78, 5) is 28.9. The van der Waals surface area contributed by atoms with Gasteiger partial charge in [-0.3, -0.25) is 9.59 Å². The Bertz CT molecular complexity index is 1140. The molecule has 0 atom stereocenters. The number of halogens is 1. The van der Waals surface area contributed by atoms with Gasteiger partial charge in [0.25, 0.3) is 11.8 Å². The van der Waals surface area contributed by atoms with E-state index in [2.05, 4.69) is 5.32 Å². The molecule has 0 radical (unpaired) electrons. The molecule has 166 valence electrons. The second-order valence-corrected chi connectivity index (χ2v) is 8.35. The fraction of sp³-hybridized carbons (Fsp3) is 0.250. The lowest BCUT2D eigenvalue weighted by molar-refractivity contribution is 0.0303. The van der Waals surface area contributed by atoms with Gasteiger partial charge in [-0.05, 0) is 36.2 Å². The number of morpholine rings is 1. The highest BCUT2D eigenvalue weighted by Gasteiger charge is 2.28. The Morgan fingerprint density at radius 2 is 1.84 bits per heavy atom. The summed E-state index contributed by atoms with van der Waals surface area (Å²) < 4.78 is 24.4. The molecule has 0 aliphatic carbocycles. The van der Waals surface area contributed by atoms with Gasteiger partial charge in [0.05, 0.1) is 25.9 Å². The summed E-state index contributed by atoms with van der Waals surface area (Å²) in [5, 5.41) is 3.28. The number of carbonyl (C=O) groups excluding carboxylic acids is 2. The van der Waals surface area contributed by atoms with Crippen molar-refractivity contribution in [3.63, 3.8) is 0 Å². The Morgan fingerprint density at radius 1 is 1.12 bits per heavy atom. The van der Waals surface area contributed by atoms with E-state index in [1.807, 2.05) is 37.3 Å². The molecule has 0 unspecified atom stereocenters. The molecule has 2 amide bonds. The Balaban J connectivity index is 1.71. The van der Waals surface area contributed by atoms with Gasteiger partial charge in [-0.2, -0.15) is 0 Å². The first-order valence-electron chi connectivity index (χ1n) is 10.2. The summed E-state index contributed by atoms with van der Waals surface area (Å²) in [6.07, 6.45) is 0. The number of hydrogen-bond acceptors (Lipinski definition) is 5. The van der Waals surface area contributed by atoms with Crippen LogP contribution in [-0.4, -0.2) is 50.1 Å². The molecule has 2 aromatic carbocycles. The lowest BCUT2D eigenvalue weighted by Crippen LogP contribution is -2.41. The summed E-state index contributed by atoms with van der Waals surface area (Å²) in [7, 11) is 1.36. The van der Waals surface area contributed by atoms with Crippen molar-refractivity contribution in [3.05, 3.63) is 71.0 Å². The number of anilines is 1. The third kappa shape index (κ3) is 4.37. The van der Waals surface area contributed by atoms with Crippen molar-refractivity contribution in [1.82, 2.24) is 4.90 Å². The van der Waals surface area contributed by atoms with Crippen LogP contribution in [0.2, 0.25) is 0 Å². The number of carbonyl (C=O) groups is 2. The minimum absolute atomic E-state index is 0.0584. The van der Waals surface area contributed by atoms with Crippen LogP contribution in [0.4, 0.5) is 9.39 Å². The van der Waals surface area contributed by atoms with Crippen LogP contribution in [0.5, 0.6) is 5.75 Å². The number of amides is 2. The van der Waals surface area contributed by atoms with E-state index in [4.69, 9.17) is 9.47 Å². The highest BCUT2D eigenvalue weighted by Crippen LogP contribution is 2.40. The molecule has 8 heteroatoms. The molecule has 1 N–H and O–H groups in total. The molecule has 1 aliphatic rings. The SMILES string of the molecule is COc1ccc(C(=O)Nc2sc(-c3ccccc3)c(C)c2C(=O)N2CCOCC2)cc1F. The van der Waals surface area contributed by atoms with E-state index in [1.165, 1.54) is 30.6 Å². The van der Waals surface area contributed by atoms with Gasteiger partial charge in [0.15, 0.2) is 11.6 Å². The second kappa shape index (κ2) is 9.50. The zero-order valence-corrected chi connectivity index (χ0v) is 18.6. The molecule has 32 heavy (non-hydrogen) atoms. The molecule has 1 aliphatic heterocycles. The number of methoxy groups -OCH3 is 1. The van der Waals surface area contributed by atoms with Crippen LogP contribution >= 0.6 is 11.3 Å². The van der Waals surface area contributed by atoms with Gasteiger partial charge in [-0.25, -0.2) is 4.39 Å². The van der Waals surface area contributed by atoms with E-state index in [1.54, 1.807) is 4.90 Å². The highest BCUT2D eigenvalue weighted by molar-refractivity contribution is 7.20. The number of hydrogen-bond donors (Lipinski definition) is 1. The average Bonchev–Trinajstić information content (AvgIpc) is 3.15. The molecule has 1 saturated heterocycles. The molecule has 0 spiro atoms. The third-order valence-corrected chi connectivity index (χ3v) is 6.59. The standard InChI is InChI=1S/C24H23FN2O4S/c1-15-20(24(29)27-10-12-31-13-11-27)23(32-21(15)16-6-4-3-5-7-16)26-22(28)17-8-9-19(30-2)18(25)14-17/h3-9,14H,10-13H2,1-2H3,(H,26,28). The fourth-order valence-electron chi connectivity index (χ4n) is 3.63. The lowest BCUT2D eigenvalue weighted by atomic mass is 10.1. The minimum atomic E-state index is -0.628. The lowest BCUT2D eigenvalue weighted by Gasteiger charge is -2.27. The van der Waals surface area contributed by atoms with Gasteiger partial charge in [-0.15, -0.1) is 11.3 Å². The molecule has 1 aromatic heterocycles. The molecule has 1 fully saturated rings. The summed E-state index contributed by atoms with van der Waals surface area (Å²) in [5.41, 5.74) is 2.36. The van der Waals surface area contributed by atoms with Gasteiger partial charge in [-0.1, -0.05) is 30.3 Å². The van der Waals surface area contributed by atoms with Crippen molar-refractivity contribution in [2.75, 3.05) is 38.7 Å². The Labute approximate surface area is 189 Å². The highest BCUT2D eigenvalue weighted by atomic mass is 32.1. The van der Waals surface area contributed by atoms with Crippen LogP contribution in [-0.2, 0) is 4.74 Å². The first-order valence-corrected chi connectivity index (χ1v) is 11.0. The first kappa shape index (κ1) is 22.0. The number of nitrogens with zero attached hydrogens (tertiary/aromatic N) is 1. The number of ether oxygens (including phenoxy) is 2. The smallest absolute Gasteiger partial charge is 0.257 e. The maximum Gasteiger partial charge on any atom is 0.257 e. The van der Waals surface area contributed by atoms with Crippen LogP contribution in [0.1, 0.15) is 26.3 Å². The molecule has 0 bridgehead atoms.